The maximum atomic E-state index is 7.35. The molecule has 4 heteroatoms. The first-order valence-corrected chi connectivity index (χ1v) is 15.5. The molecule has 0 unspecified atom stereocenters. The van der Waals surface area contributed by atoms with Crippen LogP contribution in [-0.4, -0.2) is 33.2 Å². The third-order valence-electron chi connectivity index (χ3n) is 7.46. The Morgan fingerprint density at radius 2 is 1.22 bits per heavy atom. The molecule has 3 nitrogen and oxygen atoms in total. The fourth-order valence-electron chi connectivity index (χ4n) is 5.49. The van der Waals surface area contributed by atoms with Crippen molar-refractivity contribution in [2.24, 2.45) is 0 Å². The summed E-state index contributed by atoms with van der Waals surface area (Å²) in [5, 5.41) is 6.33. The lowest BCUT2D eigenvalue weighted by molar-refractivity contribution is -0.00663. The lowest BCUT2D eigenvalue weighted by Crippen LogP contribution is -2.67. The number of nitrogens with one attached hydrogen (secondary N) is 1. The first-order valence-electron chi connectivity index (χ1n) is 13.6. The minimum atomic E-state index is -2.49. The SMILES string of the molecule is C[C@@H](CO[C@H]1CC[C@H](O[Si](c2ccccc2)(c2ccccc2)C(C)(C)C)CC1)NCc1ccccc1. The predicted molar refractivity (Wildman–Crippen MR) is 153 cm³/mol. The Bertz CT molecular complexity index is 989. The van der Waals surface area contributed by atoms with Gasteiger partial charge in [0.1, 0.15) is 0 Å². The highest BCUT2D eigenvalue weighted by atomic mass is 28.4. The summed E-state index contributed by atoms with van der Waals surface area (Å²) in [6.07, 6.45) is 4.83. The van der Waals surface area contributed by atoms with Gasteiger partial charge in [-0.1, -0.05) is 112 Å². The molecule has 0 heterocycles. The highest BCUT2D eigenvalue weighted by Gasteiger charge is 2.51. The molecule has 0 saturated heterocycles. The maximum absolute atomic E-state index is 7.35. The molecule has 1 fully saturated rings. The average Bonchev–Trinajstić information content (AvgIpc) is 2.91. The summed E-state index contributed by atoms with van der Waals surface area (Å²) < 4.78 is 13.7. The molecule has 4 rings (SSSR count). The summed E-state index contributed by atoms with van der Waals surface area (Å²) in [7, 11) is -2.49. The van der Waals surface area contributed by atoms with Crippen LogP contribution >= 0.6 is 0 Å². The van der Waals surface area contributed by atoms with Crippen molar-refractivity contribution < 1.29 is 9.16 Å². The maximum Gasteiger partial charge on any atom is 0.261 e. The summed E-state index contributed by atoms with van der Waals surface area (Å²) in [4.78, 5) is 0. The van der Waals surface area contributed by atoms with Gasteiger partial charge in [-0.25, -0.2) is 0 Å². The Balaban J connectivity index is 1.37. The quantitative estimate of drug-likeness (QED) is 0.342. The van der Waals surface area contributed by atoms with E-state index in [0.717, 1.165) is 38.8 Å². The molecule has 1 aliphatic carbocycles. The van der Waals surface area contributed by atoms with Crippen LogP contribution in [0.3, 0.4) is 0 Å². The van der Waals surface area contributed by atoms with Crippen molar-refractivity contribution in [2.45, 2.75) is 83.2 Å². The monoisotopic (exact) mass is 501 g/mol. The third-order valence-corrected chi connectivity index (χ3v) is 12.6. The van der Waals surface area contributed by atoms with Crippen molar-refractivity contribution in [1.29, 1.82) is 0 Å². The molecule has 3 aromatic rings. The van der Waals surface area contributed by atoms with E-state index in [1.807, 2.05) is 0 Å². The fourth-order valence-corrected chi connectivity index (χ4v) is 10.2. The summed E-state index contributed by atoms with van der Waals surface area (Å²) in [6, 6.07) is 32.9. The van der Waals surface area contributed by atoms with Gasteiger partial charge < -0.3 is 14.5 Å². The number of ether oxygens (including phenoxy) is 1. The van der Waals surface area contributed by atoms with Gasteiger partial charge in [0.2, 0.25) is 0 Å². The number of benzene rings is 3. The third kappa shape index (κ3) is 6.54. The van der Waals surface area contributed by atoms with Gasteiger partial charge in [0.15, 0.2) is 0 Å². The van der Waals surface area contributed by atoms with Gasteiger partial charge in [-0.05, 0) is 53.6 Å². The van der Waals surface area contributed by atoms with Gasteiger partial charge >= 0.3 is 0 Å². The van der Waals surface area contributed by atoms with Crippen molar-refractivity contribution >= 4 is 18.7 Å². The number of rotatable bonds is 10. The Hall–Kier alpha value is -2.24. The molecule has 1 aliphatic rings. The van der Waals surface area contributed by atoms with Crippen LogP contribution in [0.15, 0.2) is 91.0 Å². The average molecular weight is 502 g/mol. The van der Waals surface area contributed by atoms with Crippen molar-refractivity contribution in [3.8, 4) is 0 Å². The summed E-state index contributed by atoms with van der Waals surface area (Å²) in [5.74, 6) is 0. The predicted octanol–water partition coefficient (Wildman–Crippen LogP) is 6.07. The van der Waals surface area contributed by atoms with Crippen molar-refractivity contribution in [2.75, 3.05) is 6.61 Å². The van der Waals surface area contributed by atoms with Gasteiger partial charge in [0.05, 0.1) is 12.7 Å². The van der Waals surface area contributed by atoms with Gasteiger partial charge in [-0.2, -0.15) is 0 Å². The molecule has 0 bridgehead atoms. The minimum Gasteiger partial charge on any atom is -0.404 e. The standard InChI is InChI=1S/C32H43NO2Si/c1-26(33-24-27-14-8-5-9-15-27)25-34-28-20-22-29(23-21-28)35-36(32(2,3)4,30-16-10-6-11-17-30)31-18-12-7-13-19-31/h5-19,26,28-29,33H,20-25H2,1-4H3/t26-,28-,29-/m0/s1. The lowest BCUT2D eigenvalue weighted by atomic mass is 9.95. The van der Waals surface area contributed by atoms with Crippen LogP contribution in [0, 0.1) is 0 Å². The van der Waals surface area contributed by atoms with E-state index in [1.54, 1.807) is 0 Å². The van der Waals surface area contributed by atoms with E-state index in [1.165, 1.54) is 15.9 Å². The molecule has 0 spiro atoms. The Morgan fingerprint density at radius 3 is 1.72 bits per heavy atom. The topological polar surface area (TPSA) is 30.5 Å². The van der Waals surface area contributed by atoms with E-state index >= 15 is 0 Å². The normalized spacial score (nSPS) is 19.7. The molecule has 0 amide bonds. The molecule has 0 aromatic heterocycles. The molecule has 1 N–H and O–H groups in total. The van der Waals surface area contributed by atoms with Crippen LogP contribution in [0.5, 0.6) is 0 Å². The molecule has 0 radical (unpaired) electrons. The minimum absolute atomic E-state index is 0.0168. The zero-order chi connectivity index (χ0) is 25.4. The Kier molecular flexibility index (Phi) is 9.18. The molecular formula is C32H43NO2Si. The highest BCUT2D eigenvalue weighted by Crippen LogP contribution is 2.39. The first-order chi connectivity index (χ1) is 17.4. The highest BCUT2D eigenvalue weighted by molar-refractivity contribution is 6.99. The van der Waals surface area contributed by atoms with Crippen LogP contribution in [0.2, 0.25) is 5.04 Å². The van der Waals surface area contributed by atoms with Gasteiger partial charge in [0.25, 0.3) is 8.32 Å². The smallest absolute Gasteiger partial charge is 0.261 e. The molecule has 0 aliphatic heterocycles. The number of hydrogen-bond acceptors (Lipinski definition) is 3. The van der Waals surface area contributed by atoms with Gasteiger partial charge in [-0.15, -0.1) is 0 Å². The lowest BCUT2D eigenvalue weighted by Gasteiger charge is -2.46. The fraction of sp³-hybridized carbons (Fsp3) is 0.438. The largest absolute Gasteiger partial charge is 0.404 e. The second kappa shape index (κ2) is 12.3. The summed E-state index contributed by atoms with van der Waals surface area (Å²) in [5.41, 5.74) is 1.31. The molecule has 3 aromatic carbocycles. The zero-order valence-electron chi connectivity index (χ0n) is 22.5. The van der Waals surface area contributed by atoms with E-state index in [2.05, 4.69) is 124 Å². The van der Waals surface area contributed by atoms with E-state index in [9.17, 15) is 0 Å². The molecule has 1 atom stereocenters. The molecular weight excluding hydrogens is 458 g/mol. The van der Waals surface area contributed by atoms with E-state index in [-0.39, 0.29) is 11.1 Å². The summed E-state index contributed by atoms with van der Waals surface area (Å²) >= 11 is 0. The molecule has 36 heavy (non-hydrogen) atoms. The van der Waals surface area contributed by atoms with Crippen molar-refractivity contribution in [1.82, 2.24) is 5.32 Å². The molecule has 1 saturated carbocycles. The van der Waals surface area contributed by atoms with E-state index in [4.69, 9.17) is 9.16 Å². The van der Waals surface area contributed by atoms with Crippen LogP contribution in [-0.2, 0) is 15.7 Å². The van der Waals surface area contributed by atoms with Crippen LogP contribution in [0.4, 0.5) is 0 Å². The second-order valence-electron chi connectivity index (χ2n) is 11.3. The van der Waals surface area contributed by atoms with Crippen molar-refractivity contribution in [3.63, 3.8) is 0 Å². The van der Waals surface area contributed by atoms with Crippen LogP contribution in [0.25, 0.3) is 0 Å². The van der Waals surface area contributed by atoms with E-state index < -0.39 is 8.32 Å². The second-order valence-corrected chi connectivity index (χ2v) is 15.5. The van der Waals surface area contributed by atoms with Gasteiger partial charge in [-0.3, -0.25) is 0 Å². The number of hydrogen-bond donors (Lipinski definition) is 1. The Morgan fingerprint density at radius 1 is 0.750 bits per heavy atom. The van der Waals surface area contributed by atoms with Crippen molar-refractivity contribution in [3.05, 3.63) is 96.6 Å². The first kappa shape index (κ1) is 26.8. The van der Waals surface area contributed by atoms with Crippen LogP contribution < -0.4 is 15.7 Å². The van der Waals surface area contributed by atoms with Crippen LogP contribution in [0.1, 0.15) is 58.9 Å². The van der Waals surface area contributed by atoms with Gasteiger partial charge in [0, 0.05) is 18.7 Å². The zero-order valence-corrected chi connectivity index (χ0v) is 23.5. The summed E-state index contributed by atoms with van der Waals surface area (Å²) in [6.45, 7) is 10.9. The molecule has 192 valence electrons. The van der Waals surface area contributed by atoms with E-state index in [0.29, 0.717) is 12.1 Å². The Labute approximate surface area is 219 Å².